The van der Waals surface area contributed by atoms with Gasteiger partial charge in [0.2, 0.25) is 0 Å². The fraction of sp³-hybridized carbons (Fsp3) is 0. The Labute approximate surface area is 128 Å². The van der Waals surface area contributed by atoms with E-state index in [9.17, 15) is 0 Å². The van der Waals surface area contributed by atoms with Gasteiger partial charge in [0.05, 0.1) is 0 Å². The van der Waals surface area contributed by atoms with Gasteiger partial charge in [-0.25, -0.2) is 0 Å². The van der Waals surface area contributed by atoms with Crippen LogP contribution in [0.4, 0.5) is 0 Å². The van der Waals surface area contributed by atoms with Gasteiger partial charge in [-0.15, -0.1) is 0 Å². The standard InChI is InChI=1S/C8H5.Bi.3ClH.Zr/c1-2-8-6-4-3-5-7-8;;;;;/h1,3-6H;;3*1H;/q-1;;;;;+4/p-3. The molecule has 67 valence electrons. The molecule has 0 atom stereocenters. The van der Waals surface area contributed by atoms with E-state index in [-0.39, 0.29) is 86.7 Å². The molecule has 0 fully saturated rings. The number of benzene rings is 1. The Bertz CT molecular complexity index is 265. The van der Waals surface area contributed by atoms with Gasteiger partial charge >= 0.3 is 92.4 Å². The number of rotatable bonds is 0. The van der Waals surface area contributed by atoms with Crippen LogP contribution in [0.3, 0.4) is 0 Å². The van der Waals surface area contributed by atoms with Crippen molar-refractivity contribution in [1.29, 1.82) is 0 Å². The molecule has 0 aromatic heterocycles. The average Bonchev–Trinajstić information content (AvgIpc) is 2.33. The molecule has 0 nitrogen and oxygen atoms in total. The predicted octanol–water partition coefficient (Wildman–Crippen LogP) is -8.30. The quantitative estimate of drug-likeness (QED) is 0.242. The largest absolute Gasteiger partial charge is 4.00 e. The van der Waals surface area contributed by atoms with E-state index in [1.54, 1.807) is 3.27 Å². The first kappa shape index (κ1) is 20.1. The van der Waals surface area contributed by atoms with E-state index in [0.29, 0.717) is 0 Å². The first-order chi connectivity index (χ1) is 4.47. The summed E-state index contributed by atoms with van der Waals surface area (Å²) in [4.78, 5) is 0. The maximum atomic E-state index is 3.26. The molecule has 13 heavy (non-hydrogen) atoms. The summed E-state index contributed by atoms with van der Waals surface area (Å²) in [6.45, 7) is 0. The minimum absolute atomic E-state index is 0. The van der Waals surface area contributed by atoms with Gasteiger partial charge in [0.1, 0.15) is 0 Å². The van der Waals surface area contributed by atoms with Crippen molar-refractivity contribution >= 4 is 26.5 Å². The van der Waals surface area contributed by atoms with E-state index in [0.717, 1.165) is 0 Å². The van der Waals surface area contributed by atoms with Gasteiger partial charge < -0.3 is 37.2 Å². The second kappa shape index (κ2) is 10.1. The Kier molecular flexibility index (Phi) is 15.6. The van der Waals surface area contributed by atoms with Gasteiger partial charge in [-0.1, -0.05) is 0 Å². The van der Waals surface area contributed by atoms with Crippen molar-refractivity contribution in [2.24, 2.45) is 0 Å². The van der Waals surface area contributed by atoms with Gasteiger partial charge in [0.15, 0.2) is 0 Å². The number of hydrogen-bond donors (Lipinski definition) is 0. The third-order valence-electron chi connectivity index (χ3n) is 1.33. The van der Waals surface area contributed by atoms with Crippen molar-refractivity contribution < 1.29 is 63.4 Å². The Balaban J connectivity index is -0.000000250. The van der Waals surface area contributed by atoms with E-state index in [1.807, 2.05) is 0 Å². The third kappa shape index (κ3) is 5.29. The van der Waals surface area contributed by atoms with Crippen molar-refractivity contribution in [3.05, 3.63) is 39.7 Å². The Morgan fingerprint density at radius 3 is 2.23 bits per heavy atom. The molecule has 1 aromatic rings. The van der Waals surface area contributed by atoms with E-state index in [4.69, 9.17) is 0 Å². The van der Waals surface area contributed by atoms with E-state index in [1.165, 1.54) is 5.56 Å². The molecule has 1 radical (unpaired) electrons. The molecule has 1 heterocycles. The minimum atomic E-state index is -0.378. The van der Waals surface area contributed by atoms with Crippen LogP contribution in [0.25, 0.3) is 0 Å². The number of fused-ring (bicyclic) bond motifs is 1. The zero-order valence-electron chi connectivity index (χ0n) is 6.47. The third-order valence-corrected chi connectivity index (χ3v) is 4.93. The minimum Gasteiger partial charge on any atom is -1.00 e. The molecular weight excluding hydrogens is 503 g/mol. The summed E-state index contributed by atoms with van der Waals surface area (Å²) >= 11 is -0.378. The topological polar surface area (TPSA) is 0 Å². The van der Waals surface area contributed by atoms with E-state index in [2.05, 4.69) is 34.1 Å². The molecule has 1 aliphatic heterocycles. The summed E-state index contributed by atoms with van der Waals surface area (Å²) in [5.74, 6) is 0. The van der Waals surface area contributed by atoms with Crippen LogP contribution in [0.15, 0.2) is 28.0 Å². The van der Waals surface area contributed by atoms with E-state index >= 15 is 0 Å². The molecule has 0 spiro atoms. The monoisotopic (exact) mass is 505 g/mol. The van der Waals surface area contributed by atoms with Gasteiger partial charge in [-0.05, 0) is 0 Å². The van der Waals surface area contributed by atoms with Gasteiger partial charge in [-0.2, -0.15) is 0 Å². The van der Waals surface area contributed by atoms with Crippen molar-refractivity contribution in [3.63, 3.8) is 0 Å². The SMILES string of the molecule is [C-]1=[CH][Bi][c]2ccccc21.[Cl-].[Cl-].[Cl-].[Zr+4]. The predicted molar refractivity (Wildman–Crippen MR) is 38.7 cm³/mol. The van der Waals surface area contributed by atoms with Gasteiger partial charge in [-0.3, -0.25) is 0 Å². The average molecular weight is 508 g/mol. The number of halogens is 3. The molecule has 0 unspecified atom stereocenters. The molecule has 2 rings (SSSR count). The van der Waals surface area contributed by atoms with Crippen LogP contribution in [0, 0.1) is 6.08 Å². The van der Waals surface area contributed by atoms with Crippen molar-refractivity contribution in [2.45, 2.75) is 0 Å². The summed E-state index contributed by atoms with van der Waals surface area (Å²) in [7, 11) is 0. The maximum Gasteiger partial charge on any atom is 4.00 e. The summed E-state index contributed by atoms with van der Waals surface area (Å²) in [5.41, 5.74) is 1.34. The fourth-order valence-electron chi connectivity index (χ4n) is 0.880. The fourth-order valence-corrected chi connectivity index (χ4v) is 3.96. The summed E-state index contributed by atoms with van der Waals surface area (Å²) < 4.78 is 3.84. The molecule has 0 aliphatic carbocycles. The molecule has 0 amide bonds. The molecule has 0 saturated carbocycles. The molecular formula is C8H5BiCl3Zr. The van der Waals surface area contributed by atoms with Crippen LogP contribution in [0.1, 0.15) is 5.56 Å². The van der Waals surface area contributed by atoms with Crippen LogP contribution in [-0.4, -0.2) is 23.2 Å². The number of hydrogen-bond acceptors (Lipinski definition) is 0. The van der Waals surface area contributed by atoms with Crippen LogP contribution >= 0.6 is 0 Å². The normalized spacial score (nSPS) is 9.54. The molecule has 5 heteroatoms. The van der Waals surface area contributed by atoms with Gasteiger partial charge in [0, 0.05) is 0 Å². The van der Waals surface area contributed by atoms with Crippen LogP contribution < -0.4 is 40.5 Å². The Morgan fingerprint density at radius 2 is 1.62 bits per heavy atom. The Morgan fingerprint density at radius 1 is 1.00 bits per heavy atom. The molecule has 0 bridgehead atoms. The first-order valence-corrected chi connectivity index (χ1v) is 6.59. The second-order valence-corrected chi connectivity index (χ2v) is 5.80. The van der Waals surface area contributed by atoms with Gasteiger partial charge in [0.25, 0.3) is 0 Å². The molecule has 1 aliphatic rings. The Hall–Kier alpha value is 1.60. The van der Waals surface area contributed by atoms with E-state index < -0.39 is 0 Å². The van der Waals surface area contributed by atoms with Crippen molar-refractivity contribution in [1.82, 2.24) is 0 Å². The van der Waals surface area contributed by atoms with Crippen LogP contribution in [-0.2, 0) is 26.2 Å². The van der Waals surface area contributed by atoms with Crippen molar-refractivity contribution in [2.75, 3.05) is 0 Å². The maximum absolute atomic E-state index is 3.26. The zero-order chi connectivity index (χ0) is 6.10. The smallest absolute Gasteiger partial charge is 1.00 e. The van der Waals surface area contributed by atoms with Crippen LogP contribution in [0.2, 0.25) is 0 Å². The summed E-state index contributed by atoms with van der Waals surface area (Å²) in [6.07, 6.45) is 3.26. The summed E-state index contributed by atoms with van der Waals surface area (Å²) in [5, 5.41) is 0. The van der Waals surface area contributed by atoms with Crippen LogP contribution in [0.5, 0.6) is 0 Å². The van der Waals surface area contributed by atoms with Crippen molar-refractivity contribution in [3.8, 4) is 0 Å². The summed E-state index contributed by atoms with van der Waals surface area (Å²) in [6, 6.07) is 8.56. The molecule has 0 saturated heterocycles. The second-order valence-electron chi connectivity index (χ2n) is 1.92. The zero-order valence-corrected chi connectivity index (χ0v) is 14.7. The first-order valence-electron chi connectivity index (χ1n) is 2.85. The molecule has 0 N–H and O–H groups in total. The molecule has 1 aromatic carbocycles.